The fraction of sp³-hybridized carbons (Fsp3) is 0.161. The van der Waals surface area contributed by atoms with Crippen molar-refractivity contribution in [1.82, 2.24) is 0 Å². The van der Waals surface area contributed by atoms with E-state index in [1.165, 1.54) is 24.3 Å². The second kappa shape index (κ2) is 17.8. The van der Waals surface area contributed by atoms with Crippen molar-refractivity contribution < 1.29 is 28.5 Å². The maximum absolute atomic E-state index is 15.3. The topological polar surface area (TPSA) is 58.9 Å². The van der Waals surface area contributed by atoms with Crippen LogP contribution in [0.5, 0.6) is 23.0 Å². The molecule has 10 aromatic carbocycles. The van der Waals surface area contributed by atoms with Gasteiger partial charge in [-0.2, -0.15) is 0 Å². The quantitative estimate of drug-likeness (QED) is 0.134. The fourth-order valence-electron chi connectivity index (χ4n) is 10.7. The third-order valence-corrected chi connectivity index (χ3v) is 14.1. The summed E-state index contributed by atoms with van der Waals surface area (Å²) in [5.41, 5.74) is 6.91. The molecule has 1 fully saturated rings. The zero-order chi connectivity index (χ0) is 46.5. The van der Waals surface area contributed by atoms with Crippen molar-refractivity contribution in [1.29, 1.82) is 0 Å². The third kappa shape index (κ3) is 7.94. The Morgan fingerprint density at radius 2 is 0.750 bits per heavy atom. The van der Waals surface area contributed by atoms with Gasteiger partial charge in [0.05, 0.1) is 13.2 Å². The lowest BCUT2D eigenvalue weighted by Crippen LogP contribution is -2.30. The highest BCUT2D eigenvalue weighted by atomic mass is 19.1. The molecule has 336 valence electrons. The van der Waals surface area contributed by atoms with Crippen LogP contribution in [-0.4, -0.2) is 23.4 Å². The van der Waals surface area contributed by atoms with Crippen LogP contribution in [0, 0.1) is 37.3 Å². The van der Waals surface area contributed by atoms with Crippen molar-refractivity contribution in [3.8, 4) is 67.5 Å². The molecule has 0 spiro atoms. The van der Waals surface area contributed by atoms with Gasteiger partial charge in [-0.1, -0.05) is 110 Å². The summed E-state index contributed by atoms with van der Waals surface area (Å²) in [6, 6.07) is 53.9. The Morgan fingerprint density at radius 1 is 0.397 bits per heavy atom. The SMILES string of the molecule is Cc1cc(-c2cc(F)ccc2OCC2CCCCC2COc2ccc(F)cc2-c2cc(C)cc(-c3cc4ccccc4c4ccccc34)c2O)c(O)c(-c2cc3ccccc3c3ccccc23)c1. The van der Waals surface area contributed by atoms with E-state index >= 15 is 8.78 Å². The number of ether oxygens (including phenoxy) is 2. The van der Waals surface area contributed by atoms with E-state index in [0.717, 1.165) is 91.0 Å². The van der Waals surface area contributed by atoms with E-state index in [1.807, 2.05) is 86.6 Å². The highest BCUT2D eigenvalue weighted by Gasteiger charge is 2.29. The number of phenolic OH excluding ortho intramolecular Hbond substituents is 2. The van der Waals surface area contributed by atoms with Crippen LogP contribution < -0.4 is 9.47 Å². The second-order valence-electron chi connectivity index (χ2n) is 18.5. The van der Waals surface area contributed by atoms with Gasteiger partial charge in [0.15, 0.2) is 0 Å². The number of fused-ring (bicyclic) bond motifs is 6. The van der Waals surface area contributed by atoms with Gasteiger partial charge in [-0.25, -0.2) is 8.78 Å². The van der Waals surface area contributed by atoms with Crippen LogP contribution in [-0.2, 0) is 0 Å². The van der Waals surface area contributed by atoms with E-state index in [4.69, 9.17) is 9.47 Å². The molecule has 1 aliphatic rings. The smallest absolute Gasteiger partial charge is 0.131 e. The molecule has 0 radical (unpaired) electrons. The van der Waals surface area contributed by atoms with Crippen molar-refractivity contribution in [2.24, 2.45) is 11.8 Å². The molecule has 0 heterocycles. The first-order valence-electron chi connectivity index (χ1n) is 23.5. The number of aryl methyl sites for hydroxylation is 2. The predicted octanol–water partition coefficient (Wildman–Crippen LogP) is 16.5. The molecule has 0 bridgehead atoms. The molecule has 68 heavy (non-hydrogen) atoms. The van der Waals surface area contributed by atoms with Crippen LogP contribution in [0.1, 0.15) is 36.8 Å². The fourth-order valence-corrected chi connectivity index (χ4v) is 10.7. The Morgan fingerprint density at radius 3 is 1.16 bits per heavy atom. The molecule has 0 saturated heterocycles. The Labute approximate surface area is 394 Å². The summed E-state index contributed by atoms with van der Waals surface area (Å²) in [6.07, 6.45) is 3.90. The number of aromatic hydroxyl groups is 2. The monoisotopic (exact) mass is 896 g/mol. The minimum Gasteiger partial charge on any atom is -0.507 e. The van der Waals surface area contributed by atoms with Crippen molar-refractivity contribution in [3.63, 3.8) is 0 Å². The Bertz CT molecular complexity index is 3340. The predicted molar refractivity (Wildman–Crippen MR) is 274 cm³/mol. The van der Waals surface area contributed by atoms with E-state index in [0.29, 0.717) is 58.1 Å². The molecule has 2 N–H and O–H groups in total. The molecular formula is C62H50F2O4. The summed E-state index contributed by atoms with van der Waals surface area (Å²) < 4.78 is 43.8. The van der Waals surface area contributed by atoms with Crippen LogP contribution in [0.15, 0.2) is 170 Å². The van der Waals surface area contributed by atoms with Gasteiger partial charge >= 0.3 is 0 Å². The summed E-state index contributed by atoms with van der Waals surface area (Å²) in [7, 11) is 0. The van der Waals surface area contributed by atoms with Gasteiger partial charge in [-0.15, -0.1) is 0 Å². The largest absolute Gasteiger partial charge is 0.507 e. The van der Waals surface area contributed by atoms with Gasteiger partial charge in [0, 0.05) is 33.4 Å². The standard InChI is InChI=1S/C62H50F2O4/c1-37-27-55(51-31-39-13-5-7-17-45(39)47-19-9-11-21-49(47)51)61(65)57(29-37)53-33-43(63)23-25-59(53)67-35-41-15-3-4-16-42(41)36-68-60-26-24-44(64)34-54(60)58-30-38(2)28-56(62(58)66)52-32-40-14-6-8-18-46(40)48-20-10-12-22-50(48)52/h5-14,17-34,41-42,65-66H,3-4,15-16,35-36H2,1-2H3. The first-order valence-corrected chi connectivity index (χ1v) is 23.5. The van der Waals surface area contributed by atoms with Crippen LogP contribution in [0.4, 0.5) is 8.78 Å². The van der Waals surface area contributed by atoms with Crippen LogP contribution in [0.2, 0.25) is 0 Å². The molecule has 11 rings (SSSR count). The normalized spacial score (nSPS) is 15.1. The Balaban J connectivity index is 0.882. The summed E-state index contributed by atoms with van der Waals surface area (Å²) >= 11 is 0. The van der Waals surface area contributed by atoms with Crippen LogP contribution in [0.3, 0.4) is 0 Å². The van der Waals surface area contributed by atoms with Gasteiger partial charge in [0.25, 0.3) is 0 Å². The molecule has 10 aromatic rings. The lowest BCUT2D eigenvalue weighted by molar-refractivity contribution is 0.105. The molecule has 6 heteroatoms. The molecule has 4 nitrogen and oxygen atoms in total. The molecule has 0 amide bonds. The highest BCUT2D eigenvalue weighted by molar-refractivity contribution is 6.16. The van der Waals surface area contributed by atoms with Crippen molar-refractivity contribution in [2.45, 2.75) is 39.5 Å². The first kappa shape index (κ1) is 42.9. The molecule has 1 aliphatic carbocycles. The summed E-state index contributed by atoms with van der Waals surface area (Å²) in [5.74, 6) is 0.443. The molecule has 2 atom stereocenters. The minimum atomic E-state index is -0.428. The summed E-state index contributed by atoms with van der Waals surface area (Å²) in [4.78, 5) is 0. The van der Waals surface area contributed by atoms with Crippen molar-refractivity contribution in [3.05, 3.63) is 193 Å². The second-order valence-corrected chi connectivity index (χ2v) is 18.5. The minimum absolute atomic E-state index is 0.0583. The molecule has 0 aromatic heterocycles. The van der Waals surface area contributed by atoms with E-state index in [9.17, 15) is 10.2 Å². The average molecular weight is 897 g/mol. The zero-order valence-corrected chi connectivity index (χ0v) is 38.0. The average Bonchev–Trinajstić information content (AvgIpc) is 3.36. The van der Waals surface area contributed by atoms with Gasteiger partial charge in [0.2, 0.25) is 0 Å². The third-order valence-electron chi connectivity index (χ3n) is 14.1. The lowest BCUT2D eigenvalue weighted by Gasteiger charge is -2.32. The van der Waals surface area contributed by atoms with E-state index in [-0.39, 0.29) is 23.3 Å². The van der Waals surface area contributed by atoms with Gasteiger partial charge in [-0.3, -0.25) is 0 Å². The number of phenols is 2. The van der Waals surface area contributed by atoms with Gasteiger partial charge in [0.1, 0.15) is 34.6 Å². The maximum atomic E-state index is 15.3. The number of rotatable bonds is 10. The Kier molecular flexibility index (Phi) is 11.3. The van der Waals surface area contributed by atoms with Crippen molar-refractivity contribution >= 4 is 43.1 Å². The van der Waals surface area contributed by atoms with Crippen molar-refractivity contribution in [2.75, 3.05) is 13.2 Å². The number of hydrogen-bond acceptors (Lipinski definition) is 4. The van der Waals surface area contributed by atoms with E-state index < -0.39 is 11.6 Å². The van der Waals surface area contributed by atoms with E-state index in [2.05, 4.69) is 60.7 Å². The lowest BCUT2D eigenvalue weighted by atomic mass is 9.80. The Hall–Kier alpha value is -7.70. The number of halogens is 2. The highest BCUT2D eigenvalue weighted by Crippen LogP contribution is 2.48. The summed E-state index contributed by atoms with van der Waals surface area (Å²) in [5, 5.41) is 33.0. The molecule has 2 unspecified atom stereocenters. The summed E-state index contributed by atoms with van der Waals surface area (Å²) in [6.45, 7) is 4.69. The zero-order valence-electron chi connectivity index (χ0n) is 38.0. The van der Waals surface area contributed by atoms with Gasteiger partial charge < -0.3 is 19.7 Å². The molecule has 1 saturated carbocycles. The molecule has 0 aliphatic heterocycles. The van der Waals surface area contributed by atoms with Gasteiger partial charge in [-0.05, 0) is 177 Å². The molecular weight excluding hydrogens is 847 g/mol. The van der Waals surface area contributed by atoms with E-state index in [1.54, 1.807) is 12.1 Å². The number of hydrogen-bond donors (Lipinski definition) is 2. The maximum Gasteiger partial charge on any atom is 0.131 e. The van der Waals surface area contributed by atoms with Crippen LogP contribution >= 0.6 is 0 Å². The number of benzene rings is 10. The van der Waals surface area contributed by atoms with Crippen LogP contribution in [0.25, 0.3) is 87.6 Å². The first-order chi connectivity index (χ1) is 33.2.